The number of nitrogens with one attached hydrogen (secondary N) is 2. The van der Waals surface area contributed by atoms with E-state index < -0.39 is 6.04 Å². The van der Waals surface area contributed by atoms with Crippen LogP contribution >= 0.6 is 0 Å². The zero-order valence-electron chi connectivity index (χ0n) is 12.0. The number of hydrogen-bond acceptors (Lipinski definition) is 4. The molecule has 1 unspecified atom stereocenters. The van der Waals surface area contributed by atoms with E-state index in [1.54, 1.807) is 10.9 Å². The van der Waals surface area contributed by atoms with Crippen molar-refractivity contribution < 1.29 is 4.79 Å². The van der Waals surface area contributed by atoms with Gasteiger partial charge in [0.2, 0.25) is 5.91 Å². The Labute approximate surface area is 117 Å². The van der Waals surface area contributed by atoms with Gasteiger partial charge in [-0.3, -0.25) is 14.6 Å². The molecule has 20 heavy (non-hydrogen) atoms. The summed E-state index contributed by atoms with van der Waals surface area (Å²) in [6, 6.07) is 1.23. The van der Waals surface area contributed by atoms with Crippen LogP contribution in [0.2, 0.25) is 0 Å². The topological polar surface area (TPSA) is 102 Å². The molecular formula is C13H20N6O. The van der Waals surface area contributed by atoms with E-state index in [2.05, 4.69) is 20.6 Å². The van der Waals surface area contributed by atoms with Gasteiger partial charge in [0.05, 0.1) is 5.69 Å². The van der Waals surface area contributed by atoms with Gasteiger partial charge in [0.1, 0.15) is 6.04 Å². The second-order valence-corrected chi connectivity index (χ2v) is 4.81. The predicted molar refractivity (Wildman–Crippen MR) is 74.9 cm³/mol. The van der Waals surface area contributed by atoms with Crippen LogP contribution in [0.15, 0.2) is 12.3 Å². The van der Waals surface area contributed by atoms with Crippen LogP contribution < -0.4 is 11.1 Å². The molecule has 0 saturated heterocycles. The molecule has 108 valence electrons. The number of nitrogens with two attached hydrogens (primary N) is 1. The zero-order valence-corrected chi connectivity index (χ0v) is 12.0. The van der Waals surface area contributed by atoms with E-state index in [1.807, 2.05) is 27.0 Å². The summed E-state index contributed by atoms with van der Waals surface area (Å²) in [7, 11) is 1.88. The second-order valence-electron chi connectivity index (χ2n) is 4.81. The third-order valence-corrected chi connectivity index (χ3v) is 3.38. The highest BCUT2D eigenvalue weighted by molar-refractivity contribution is 5.83. The zero-order chi connectivity index (χ0) is 14.7. The van der Waals surface area contributed by atoms with Crippen LogP contribution in [0.3, 0.4) is 0 Å². The van der Waals surface area contributed by atoms with Gasteiger partial charge in [-0.05, 0) is 19.9 Å². The van der Waals surface area contributed by atoms with Crippen LogP contribution in [0.4, 0.5) is 0 Å². The monoisotopic (exact) mass is 276 g/mol. The van der Waals surface area contributed by atoms with Gasteiger partial charge in [-0.1, -0.05) is 0 Å². The van der Waals surface area contributed by atoms with Crippen LogP contribution in [-0.2, 0) is 18.3 Å². The maximum absolute atomic E-state index is 12.1. The molecule has 0 bridgehead atoms. The number of aromatic nitrogens is 4. The lowest BCUT2D eigenvalue weighted by Crippen LogP contribution is -2.35. The van der Waals surface area contributed by atoms with Gasteiger partial charge < -0.3 is 11.1 Å². The minimum absolute atomic E-state index is 0.195. The van der Waals surface area contributed by atoms with Crippen LogP contribution in [0.1, 0.15) is 28.7 Å². The van der Waals surface area contributed by atoms with Crippen molar-refractivity contribution in [3.63, 3.8) is 0 Å². The summed E-state index contributed by atoms with van der Waals surface area (Å²) >= 11 is 0. The molecule has 2 rings (SSSR count). The van der Waals surface area contributed by atoms with E-state index in [-0.39, 0.29) is 5.91 Å². The number of carbonyl (C=O) groups is 1. The molecule has 4 N–H and O–H groups in total. The van der Waals surface area contributed by atoms with Crippen molar-refractivity contribution in [2.75, 3.05) is 6.54 Å². The van der Waals surface area contributed by atoms with Gasteiger partial charge in [-0.25, -0.2) is 0 Å². The van der Waals surface area contributed by atoms with E-state index in [0.29, 0.717) is 6.54 Å². The summed E-state index contributed by atoms with van der Waals surface area (Å²) in [6.45, 7) is 4.22. The molecule has 0 aliphatic heterocycles. The fourth-order valence-electron chi connectivity index (χ4n) is 2.22. The summed E-state index contributed by atoms with van der Waals surface area (Å²) in [5.74, 6) is -0.195. The average molecular weight is 276 g/mol. The number of carbonyl (C=O) groups excluding carboxylic acids is 1. The third kappa shape index (κ3) is 2.88. The molecule has 2 heterocycles. The van der Waals surface area contributed by atoms with Crippen LogP contribution in [-0.4, -0.2) is 32.4 Å². The second kappa shape index (κ2) is 5.87. The molecule has 0 aliphatic carbocycles. The van der Waals surface area contributed by atoms with Gasteiger partial charge in [0.15, 0.2) is 0 Å². The SMILES string of the molecule is Cc1n[nH]c(C)c1C(N)C(=O)NCCc1ccnn1C. The average Bonchev–Trinajstić information content (AvgIpc) is 2.96. The van der Waals surface area contributed by atoms with Gasteiger partial charge in [0.25, 0.3) is 0 Å². The molecule has 7 heteroatoms. The van der Waals surface area contributed by atoms with Gasteiger partial charge in [-0.2, -0.15) is 10.2 Å². The Bertz CT molecular complexity index is 580. The van der Waals surface area contributed by atoms with Gasteiger partial charge in [0, 0.05) is 43.2 Å². The lowest BCUT2D eigenvalue weighted by molar-refractivity contribution is -0.122. The van der Waals surface area contributed by atoms with Gasteiger partial charge >= 0.3 is 0 Å². The quantitative estimate of drug-likeness (QED) is 0.721. The number of rotatable bonds is 5. The maximum Gasteiger partial charge on any atom is 0.241 e. The van der Waals surface area contributed by atoms with E-state index in [0.717, 1.165) is 29.1 Å². The Balaban J connectivity index is 1.91. The Morgan fingerprint density at radius 1 is 1.55 bits per heavy atom. The van der Waals surface area contributed by atoms with Crippen molar-refractivity contribution in [2.24, 2.45) is 12.8 Å². The molecular weight excluding hydrogens is 256 g/mol. The summed E-state index contributed by atoms with van der Waals surface area (Å²) in [5, 5.41) is 13.8. The fourth-order valence-corrected chi connectivity index (χ4v) is 2.22. The highest BCUT2D eigenvalue weighted by atomic mass is 16.2. The molecule has 7 nitrogen and oxygen atoms in total. The summed E-state index contributed by atoms with van der Waals surface area (Å²) in [5.41, 5.74) is 9.41. The van der Waals surface area contributed by atoms with Crippen LogP contribution in [0, 0.1) is 13.8 Å². The number of amides is 1. The number of aromatic amines is 1. The molecule has 0 aromatic carbocycles. The van der Waals surface area contributed by atoms with Crippen molar-refractivity contribution in [1.29, 1.82) is 0 Å². The molecule has 0 aliphatic rings. The standard InChI is InChI=1S/C13H20N6O/c1-8-11(9(2)18-17-8)12(14)13(20)15-6-4-10-5-7-16-19(10)3/h5,7,12H,4,6,14H2,1-3H3,(H,15,20)(H,17,18). The van der Waals surface area contributed by atoms with E-state index in [9.17, 15) is 4.79 Å². The molecule has 1 atom stereocenters. The first kappa shape index (κ1) is 14.3. The lowest BCUT2D eigenvalue weighted by atomic mass is 10.1. The number of hydrogen-bond donors (Lipinski definition) is 3. The molecule has 2 aromatic heterocycles. The van der Waals surface area contributed by atoms with Crippen LogP contribution in [0.25, 0.3) is 0 Å². The first-order valence-electron chi connectivity index (χ1n) is 6.52. The molecule has 0 spiro atoms. The predicted octanol–water partition coefficient (Wildman–Crippen LogP) is 0.119. The summed E-state index contributed by atoms with van der Waals surface area (Å²) in [6.07, 6.45) is 2.46. The number of aryl methyl sites for hydroxylation is 3. The van der Waals surface area contributed by atoms with Gasteiger partial charge in [-0.15, -0.1) is 0 Å². The molecule has 0 saturated carbocycles. The molecule has 2 aromatic rings. The van der Waals surface area contributed by atoms with Crippen molar-refractivity contribution in [3.8, 4) is 0 Å². The molecule has 1 amide bonds. The molecule has 0 radical (unpaired) electrons. The summed E-state index contributed by atoms with van der Waals surface area (Å²) in [4.78, 5) is 12.1. The number of H-pyrrole nitrogens is 1. The Hall–Kier alpha value is -2.15. The first-order chi connectivity index (χ1) is 9.50. The highest BCUT2D eigenvalue weighted by Crippen LogP contribution is 2.17. The smallest absolute Gasteiger partial charge is 0.241 e. The van der Waals surface area contributed by atoms with Crippen molar-refractivity contribution >= 4 is 5.91 Å². The Morgan fingerprint density at radius 2 is 2.30 bits per heavy atom. The fraction of sp³-hybridized carbons (Fsp3) is 0.462. The van der Waals surface area contributed by atoms with E-state index in [4.69, 9.17) is 5.73 Å². The Morgan fingerprint density at radius 3 is 2.85 bits per heavy atom. The maximum atomic E-state index is 12.1. The number of nitrogens with zero attached hydrogens (tertiary/aromatic N) is 3. The van der Waals surface area contributed by atoms with Crippen molar-refractivity contribution in [1.82, 2.24) is 25.3 Å². The largest absolute Gasteiger partial charge is 0.354 e. The summed E-state index contributed by atoms with van der Waals surface area (Å²) < 4.78 is 1.79. The molecule has 0 fully saturated rings. The van der Waals surface area contributed by atoms with Crippen LogP contribution in [0.5, 0.6) is 0 Å². The third-order valence-electron chi connectivity index (χ3n) is 3.38. The van der Waals surface area contributed by atoms with Crippen molar-refractivity contribution in [2.45, 2.75) is 26.3 Å². The Kier molecular flexibility index (Phi) is 4.19. The first-order valence-corrected chi connectivity index (χ1v) is 6.52. The van der Waals surface area contributed by atoms with E-state index >= 15 is 0 Å². The minimum Gasteiger partial charge on any atom is -0.354 e. The van der Waals surface area contributed by atoms with Crippen molar-refractivity contribution in [3.05, 3.63) is 34.9 Å². The normalized spacial score (nSPS) is 12.4. The highest BCUT2D eigenvalue weighted by Gasteiger charge is 2.21. The lowest BCUT2D eigenvalue weighted by Gasteiger charge is -2.12. The minimum atomic E-state index is -0.694. The van der Waals surface area contributed by atoms with E-state index in [1.165, 1.54) is 0 Å².